The van der Waals surface area contributed by atoms with Gasteiger partial charge in [0.1, 0.15) is 16.5 Å². The number of nitrogen functional groups attached to an aromatic ring is 1. The molecule has 0 aliphatic carbocycles. The molecule has 1 spiro atoms. The molecule has 2 fully saturated rings. The van der Waals surface area contributed by atoms with E-state index in [9.17, 15) is 17.6 Å². The Morgan fingerprint density at radius 2 is 1.67 bits per heavy atom. The average Bonchev–Trinajstić information content (AvgIpc) is 3.43. The third-order valence-corrected chi connectivity index (χ3v) is 8.49. The van der Waals surface area contributed by atoms with Crippen LogP contribution in [0.5, 0.6) is 5.88 Å². The minimum Gasteiger partial charge on any atom is -0.480 e. The van der Waals surface area contributed by atoms with E-state index in [0.29, 0.717) is 72.4 Å². The molecule has 2 aliphatic rings. The van der Waals surface area contributed by atoms with Gasteiger partial charge in [-0.2, -0.15) is 0 Å². The second-order valence-corrected chi connectivity index (χ2v) is 11.7. The molecule has 1 amide bonds. The zero-order chi connectivity index (χ0) is 29.6. The Morgan fingerprint density at radius 1 is 1.00 bits per heavy atom. The van der Waals surface area contributed by atoms with Crippen molar-refractivity contribution in [2.75, 3.05) is 39.1 Å². The van der Waals surface area contributed by atoms with Gasteiger partial charge in [-0.3, -0.25) is 4.79 Å². The Bertz CT molecular complexity index is 1800. The predicted molar refractivity (Wildman–Crippen MR) is 152 cm³/mol. The Morgan fingerprint density at radius 3 is 2.31 bits per heavy atom. The third kappa shape index (κ3) is 5.15. The predicted octanol–water partition coefficient (Wildman–Crippen LogP) is 3.32. The lowest BCUT2D eigenvalue weighted by Gasteiger charge is -2.37. The first-order valence-electron chi connectivity index (χ1n) is 13.2. The van der Waals surface area contributed by atoms with Gasteiger partial charge in [0.25, 0.3) is 5.91 Å². The van der Waals surface area contributed by atoms with Crippen LogP contribution in [0, 0.1) is 5.82 Å². The molecule has 11 nitrogen and oxygen atoms in total. The summed E-state index contributed by atoms with van der Waals surface area (Å²) >= 11 is 0. The highest BCUT2D eigenvalue weighted by molar-refractivity contribution is 7.89. The summed E-state index contributed by atoms with van der Waals surface area (Å²) in [5.74, 6) is -1.41. The fourth-order valence-electron chi connectivity index (χ4n) is 5.41. The number of nitrogens with zero attached hydrogens (tertiary/aromatic N) is 3. The fraction of sp³-hybridized carbons (Fsp3) is 0.276. The highest BCUT2D eigenvalue weighted by Gasteiger charge is 2.41. The number of sulfonamides is 1. The third-order valence-electron chi connectivity index (χ3n) is 7.58. The van der Waals surface area contributed by atoms with Crippen LogP contribution >= 0.6 is 0 Å². The number of fused-ring (bicyclic) bond motifs is 1. The van der Waals surface area contributed by atoms with Crippen molar-refractivity contribution in [2.45, 2.75) is 23.5 Å². The maximum atomic E-state index is 13.7. The number of rotatable bonds is 5. The lowest BCUT2D eigenvalue weighted by molar-refractivity contribution is -0.181. The first kappa shape index (κ1) is 28.0. The summed E-state index contributed by atoms with van der Waals surface area (Å²) in [6.45, 7) is 1.99. The molecule has 4 N–H and O–H groups in total. The van der Waals surface area contributed by atoms with Crippen molar-refractivity contribution in [3.63, 3.8) is 0 Å². The Hall–Kier alpha value is -4.17. The Kier molecular flexibility index (Phi) is 7.05. The Labute approximate surface area is 241 Å². The molecule has 13 heteroatoms. The summed E-state index contributed by atoms with van der Waals surface area (Å²) in [7, 11) is -2.93. The number of methoxy groups -OCH3 is 1. The molecule has 4 aromatic rings. The molecule has 0 unspecified atom stereocenters. The van der Waals surface area contributed by atoms with Gasteiger partial charge in [-0.15, -0.1) is 0 Å². The van der Waals surface area contributed by atoms with Crippen molar-refractivity contribution < 1.29 is 31.8 Å². The number of benzene rings is 2. The maximum absolute atomic E-state index is 13.7. The molecule has 2 saturated heterocycles. The van der Waals surface area contributed by atoms with E-state index in [1.165, 1.54) is 37.4 Å². The number of hydrogen-bond donors (Lipinski definition) is 2. The van der Waals surface area contributed by atoms with Crippen LogP contribution in [0.2, 0.25) is 0 Å². The van der Waals surface area contributed by atoms with Crippen LogP contribution in [0.3, 0.4) is 0 Å². The van der Waals surface area contributed by atoms with Crippen LogP contribution < -0.4 is 15.6 Å². The number of likely N-dealkylation sites (tertiary alicyclic amines) is 1. The smallest absolute Gasteiger partial charge is 0.257 e. The van der Waals surface area contributed by atoms with E-state index in [2.05, 4.69) is 9.97 Å². The number of halogens is 1. The molecule has 2 aromatic carbocycles. The van der Waals surface area contributed by atoms with Gasteiger partial charge in [0, 0.05) is 42.4 Å². The zero-order valence-corrected chi connectivity index (χ0v) is 23.5. The van der Waals surface area contributed by atoms with Crippen molar-refractivity contribution in [2.24, 2.45) is 5.14 Å². The number of carbonyl (C=O) groups excluding carboxylic acids is 1. The summed E-state index contributed by atoms with van der Waals surface area (Å²) in [4.78, 5) is 23.8. The van der Waals surface area contributed by atoms with E-state index in [1.807, 2.05) is 0 Å². The number of pyridine rings is 2. The number of hydrogen-bond acceptors (Lipinski definition) is 9. The molecule has 4 heterocycles. The molecule has 0 saturated carbocycles. The quantitative estimate of drug-likeness (QED) is 0.354. The number of anilines is 1. The van der Waals surface area contributed by atoms with Gasteiger partial charge >= 0.3 is 0 Å². The molecule has 218 valence electrons. The van der Waals surface area contributed by atoms with Crippen molar-refractivity contribution >= 4 is 32.7 Å². The van der Waals surface area contributed by atoms with Crippen LogP contribution in [-0.2, 0) is 19.5 Å². The monoisotopic (exact) mass is 593 g/mol. The van der Waals surface area contributed by atoms with Gasteiger partial charge in [-0.05, 0) is 54.1 Å². The number of nitrogens with two attached hydrogens (primary N) is 2. The number of carbonyl (C=O) groups is 1. The van der Waals surface area contributed by atoms with Gasteiger partial charge in [0.05, 0.1) is 37.1 Å². The van der Waals surface area contributed by atoms with Gasteiger partial charge < -0.3 is 24.8 Å². The van der Waals surface area contributed by atoms with Crippen LogP contribution in [-0.4, -0.2) is 68.4 Å². The van der Waals surface area contributed by atoms with Gasteiger partial charge in [-0.25, -0.2) is 27.9 Å². The summed E-state index contributed by atoms with van der Waals surface area (Å²) < 4.78 is 55.3. The number of amides is 1. The number of aromatic nitrogens is 2. The van der Waals surface area contributed by atoms with E-state index >= 15 is 0 Å². The molecule has 2 aliphatic heterocycles. The lowest BCUT2D eigenvalue weighted by atomic mass is 9.97. The largest absolute Gasteiger partial charge is 0.480 e. The Balaban J connectivity index is 1.42. The van der Waals surface area contributed by atoms with E-state index < -0.39 is 21.6 Å². The molecule has 2 aromatic heterocycles. The normalized spacial score (nSPS) is 16.7. The number of ether oxygens (including phenoxy) is 3. The second-order valence-electron chi connectivity index (χ2n) is 10.2. The summed E-state index contributed by atoms with van der Waals surface area (Å²) in [6.07, 6.45) is 1.12. The summed E-state index contributed by atoms with van der Waals surface area (Å²) in [5.41, 5.74) is 8.84. The maximum Gasteiger partial charge on any atom is 0.257 e. The highest BCUT2D eigenvalue weighted by Crippen LogP contribution is 2.38. The van der Waals surface area contributed by atoms with Crippen LogP contribution in [0.4, 0.5) is 10.2 Å². The molecular formula is C29H28FN5O6S. The van der Waals surface area contributed by atoms with Crippen molar-refractivity contribution in [3.05, 3.63) is 66.0 Å². The minimum atomic E-state index is -4.21. The molecular weight excluding hydrogens is 565 g/mol. The van der Waals surface area contributed by atoms with Crippen molar-refractivity contribution in [1.29, 1.82) is 0 Å². The number of piperidine rings is 1. The van der Waals surface area contributed by atoms with Gasteiger partial charge in [0.15, 0.2) is 5.79 Å². The summed E-state index contributed by atoms with van der Waals surface area (Å²) in [5, 5.41) is 6.08. The van der Waals surface area contributed by atoms with Crippen molar-refractivity contribution in [1.82, 2.24) is 14.9 Å². The second kappa shape index (κ2) is 10.6. The molecule has 0 bridgehead atoms. The van der Waals surface area contributed by atoms with Crippen LogP contribution in [0.15, 0.2) is 59.5 Å². The SMILES string of the molecule is COc1nc(-c2ccc(F)cc2)c(-c2ccc3nc(N)c(C(=O)N4CCC5(CC4)OCCO5)cc3c2)cc1S(N)(=O)=O. The summed E-state index contributed by atoms with van der Waals surface area (Å²) in [6, 6.07) is 13.9. The zero-order valence-electron chi connectivity index (χ0n) is 22.7. The van der Waals surface area contributed by atoms with Gasteiger partial charge in [-0.1, -0.05) is 6.07 Å². The minimum absolute atomic E-state index is 0.100. The van der Waals surface area contributed by atoms with Gasteiger partial charge in [0.2, 0.25) is 15.9 Å². The van der Waals surface area contributed by atoms with Crippen LogP contribution in [0.25, 0.3) is 33.3 Å². The molecule has 0 atom stereocenters. The first-order chi connectivity index (χ1) is 20.1. The average molecular weight is 594 g/mol. The standard InChI is InChI=1S/C29H28FN5O6S/c1-39-27-24(42(32,37)38)16-21(25(34-27)17-2-5-20(30)6-3-17)18-4-7-23-19(14-18)15-22(26(31)33-23)28(36)35-10-8-29(9-11-35)40-12-13-41-29/h2-7,14-16H,8-13H2,1H3,(H2,31,33)(H2,32,37,38). The molecule has 42 heavy (non-hydrogen) atoms. The highest BCUT2D eigenvalue weighted by atomic mass is 32.2. The van der Waals surface area contributed by atoms with Crippen LogP contribution in [0.1, 0.15) is 23.2 Å². The fourth-order valence-corrected chi connectivity index (χ4v) is 6.07. The van der Waals surface area contributed by atoms with E-state index in [1.54, 1.807) is 29.2 Å². The van der Waals surface area contributed by atoms with E-state index in [0.717, 1.165) is 0 Å². The van der Waals surface area contributed by atoms with E-state index in [4.69, 9.17) is 25.1 Å². The molecule has 0 radical (unpaired) electrons. The van der Waals surface area contributed by atoms with E-state index in [-0.39, 0.29) is 28.1 Å². The topological polar surface area (TPSA) is 160 Å². The number of primary sulfonamides is 1. The van der Waals surface area contributed by atoms with Crippen molar-refractivity contribution in [3.8, 4) is 28.3 Å². The lowest BCUT2D eigenvalue weighted by Crippen LogP contribution is -2.47. The first-order valence-corrected chi connectivity index (χ1v) is 14.8. The molecule has 6 rings (SSSR count).